The monoisotopic (exact) mass is 549 g/mol. The molecule has 0 aliphatic heterocycles. The van der Waals surface area contributed by atoms with Crippen LogP contribution in [0.25, 0.3) is 0 Å². The van der Waals surface area contributed by atoms with Crippen LogP contribution in [0.5, 0.6) is 0 Å². The Labute approximate surface area is 154 Å². The molecule has 0 aliphatic carbocycles. The van der Waals surface area contributed by atoms with Gasteiger partial charge in [-0.3, -0.25) is 15.0 Å². The summed E-state index contributed by atoms with van der Waals surface area (Å²) >= 11 is -1.92. The summed E-state index contributed by atoms with van der Waals surface area (Å²) < 4.78 is 0. The molecule has 0 spiro atoms. The Morgan fingerprint density at radius 1 is 0.652 bits per heavy atom. The van der Waals surface area contributed by atoms with Crippen LogP contribution in [0.4, 0.5) is 0 Å². The number of nitrogens with zero attached hydrogens (tertiary/aromatic N) is 3. The van der Waals surface area contributed by atoms with Crippen molar-refractivity contribution in [2.45, 2.75) is 6.92 Å². The summed E-state index contributed by atoms with van der Waals surface area (Å²) in [5.41, 5.74) is 1.21. The number of rotatable bonds is 0. The minimum atomic E-state index is -1.92. The van der Waals surface area contributed by atoms with Gasteiger partial charge in [0.2, 0.25) is 0 Å². The van der Waals surface area contributed by atoms with E-state index in [1.807, 2.05) is 61.7 Å². The summed E-state index contributed by atoms with van der Waals surface area (Å²) in [6, 6.07) is 15.4. The number of pyridine rings is 3. The van der Waals surface area contributed by atoms with E-state index in [4.69, 9.17) is 28.8 Å². The number of aryl methyl sites for hydroxylation is 1. The molecule has 0 fully saturated rings. The van der Waals surface area contributed by atoms with Gasteiger partial charge in [-0.05, 0) is 42.8 Å². The molecule has 0 aliphatic rings. The molecule has 0 radical (unpaired) electrons. The summed E-state index contributed by atoms with van der Waals surface area (Å²) in [5.74, 6) is 0. The first-order chi connectivity index (χ1) is 11.1. The van der Waals surface area contributed by atoms with Crippen LogP contribution in [0.15, 0.2) is 85.7 Å². The van der Waals surface area contributed by atoms with E-state index in [-0.39, 0.29) is 0 Å². The van der Waals surface area contributed by atoms with Crippen LogP contribution < -0.4 is 0 Å². The van der Waals surface area contributed by atoms with Gasteiger partial charge in [-0.25, -0.2) is 0 Å². The van der Waals surface area contributed by atoms with E-state index >= 15 is 0 Å². The van der Waals surface area contributed by atoms with Crippen LogP contribution in [0.2, 0.25) is 0 Å². The van der Waals surface area contributed by atoms with E-state index in [0.29, 0.717) is 0 Å². The number of hydrogen-bond donors (Lipinski definition) is 0. The van der Waals surface area contributed by atoms with Gasteiger partial charge in [-0.1, -0.05) is 18.2 Å². The topological polar surface area (TPSA) is 38.7 Å². The molecular formula is C16H17Cl3IrN3. The van der Waals surface area contributed by atoms with Gasteiger partial charge in [0, 0.05) is 37.2 Å². The SMILES string of the molecule is Cc1cccnc1.[Cl][Ir]([Cl])[Cl].c1ccncc1.c1ccncc1. The van der Waals surface area contributed by atoms with Crippen molar-refractivity contribution in [2.24, 2.45) is 0 Å². The molecule has 3 heterocycles. The number of aromatic nitrogens is 3. The molecule has 7 heteroatoms. The third-order valence-corrected chi connectivity index (χ3v) is 1.94. The molecule has 0 amide bonds. The van der Waals surface area contributed by atoms with Crippen LogP contribution in [-0.4, -0.2) is 15.0 Å². The molecule has 0 atom stereocenters. The first kappa shape index (κ1) is 22.0. The van der Waals surface area contributed by atoms with Crippen molar-refractivity contribution in [1.29, 1.82) is 0 Å². The van der Waals surface area contributed by atoms with E-state index in [9.17, 15) is 0 Å². The Morgan fingerprint density at radius 3 is 1.17 bits per heavy atom. The summed E-state index contributed by atoms with van der Waals surface area (Å²) in [4.78, 5) is 11.5. The maximum atomic E-state index is 4.97. The van der Waals surface area contributed by atoms with Gasteiger partial charge in [0.15, 0.2) is 0 Å². The molecule has 3 aromatic rings. The van der Waals surface area contributed by atoms with Gasteiger partial charge < -0.3 is 0 Å². The zero-order valence-corrected chi connectivity index (χ0v) is 17.1. The Morgan fingerprint density at radius 2 is 1.04 bits per heavy atom. The molecule has 3 rings (SSSR count). The quantitative estimate of drug-likeness (QED) is 0.365. The molecule has 0 saturated carbocycles. The van der Waals surface area contributed by atoms with Gasteiger partial charge >= 0.3 is 42.2 Å². The Balaban J connectivity index is 0.000000286. The first-order valence-electron chi connectivity index (χ1n) is 6.34. The zero-order valence-electron chi connectivity index (χ0n) is 12.4. The molecule has 0 aromatic carbocycles. The molecule has 0 N–H and O–H groups in total. The van der Waals surface area contributed by atoms with E-state index in [1.54, 1.807) is 31.0 Å². The minimum Gasteiger partial charge on any atom is -0.265 e. The van der Waals surface area contributed by atoms with Crippen molar-refractivity contribution in [1.82, 2.24) is 15.0 Å². The predicted molar refractivity (Wildman–Crippen MR) is 95.0 cm³/mol. The molecule has 0 unspecified atom stereocenters. The molecular weight excluding hydrogens is 533 g/mol. The zero-order chi connectivity index (χ0) is 17.2. The molecule has 3 aromatic heterocycles. The average Bonchev–Trinajstić information content (AvgIpc) is 2.59. The maximum absolute atomic E-state index is 4.97. The fourth-order valence-corrected chi connectivity index (χ4v) is 1.07. The molecule has 3 nitrogen and oxygen atoms in total. The minimum absolute atomic E-state index is 1.21. The van der Waals surface area contributed by atoms with Crippen molar-refractivity contribution >= 4 is 28.8 Å². The summed E-state index contributed by atoms with van der Waals surface area (Å²) in [6.45, 7) is 2.02. The standard InChI is InChI=1S/C6H7N.2C5H5N.3ClH.Ir/c1-6-3-2-4-7-5-6;2*1-2-4-6-5-3-1;;;;/h2-5H,1H3;2*1-5H;3*1H;/q;;;;;;+3/p-3. The van der Waals surface area contributed by atoms with Crippen LogP contribution in [0.3, 0.4) is 0 Å². The second-order valence-corrected chi connectivity index (χ2v) is 14.1. The van der Waals surface area contributed by atoms with Gasteiger partial charge in [0.05, 0.1) is 0 Å². The second kappa shape index (κ2) is 17.3. The third kappa shape index (κ3) is 21.0. The Hall–Kier alpha value is -1.03. The van der Waals surface area contributed by atoms with Crippen LogP contribution >= 0.6 is 28.8 Å². The fraction of sp³-hybridized carbons (Fsp3) is 0.0625. The van der Waals surface area contributed by atoms with E-state index in [1.165, 1.54) is 5.56 Å². The summed E-state index contributed by atoms with van der Waals surface area (Å²) in [5, 5.41) is 0. The number of hydrogen-bond acceptors (Lipinski definition) is 3. The van der Waals surface area contributed by atoms with Crippen molar-refractivity contribution in [2.75, 3.05) is 0 Å². The molecule has 126 valence electrons. The predicted octanol–water partition coefficient (Wildman–Crippen LogP) is 5.62. The van der Waals surface area contributed by atoms with Crippen molar-refractivity contribution in [3.8, 4) is 0 Å². The molecule has 23 heavy (non-hydrogen) atoms. The first-order valence-corrected chi connectivity index (χ1v) is 15.2. The largest absolute Gasteiger partial charge is 0.265 e. The average molecular weight is 550 g/mol. The normalized spacial score (nSPS) is 8.78. The van der Waals surface area contributed by atoms with Crippen LogP contribution in [-0.2, 0) is 13.5 Å². The van der Waals surface area contributed by atoms with Gasteiger partial charge in [0.1, 0.15) is 0 Å². The van der Waals surface area contributed by atoms with Crippen LogP contribution in [0, 0.1) is 6.92 Å². The van der Waals surface area contributed by atoms with Gasteiger partial charge in [-0.2, -0.15) is 0 Å². The second-order valence-electron chi connectivity index (χ2n) is 3.72. The van der Waals surface area contributed by atoms with E-state index in [0.717, 1.165) is 0 Å². The smallest absolute Gasteiger partial charge is 0.0267 e. The molecule has 0 bridgehead atoms. The van der Waals surface area contributed by atoms with E-state index in [2.05, 4.69) is 15.0 Å². The van der Waals surface area contributed by atoms with Crippen molar-refractivity contribution < 1.29 is 13.5 Å². The summed E-state index contributed by atoms with van der Waals surface area (Å²) in [6.07, 6.45) is 10.6. The molecule has 0 saturated heterocycles. The van der Waals surface area contributed by atoms with E-state index < -0.39 is 13.5 Å². The van der Waals surface area contributed by atoms with Crippen molar-refractivity contribution in [3.05, 3.63) is 91.3 Å². The Kier molecular flexibility index (Phi) is 16.5. The maximum Gasteiger partial charge on any atom is 0.0267 e. The van der Waals surface area contributed by atoms with Crippen molar-refractivity contribution in [3.63, 3.8) is 0 Å². The van der Waals surface area contributed by atoms with Crippen LogP contribution in [0.1, 0.15) is 5.56 Å². The van der Waals surface area contributed by atoms with Gasteiger partial charge in [0.25, 0.3) is 0 Å². The Bertz CT molecular complexity index is 470. The third-order valence-electron chi connectivity index (χ3n) is 1.94. The number of halogens is 3. The van der Waals surface area contributed by atoms with Gasteiger partial charge in [-0.15, -0.1) is 0 Å². The fourth-order valence-electron chi connectivity index (χ4n) is 1.07. The summed E-state index contributed by atoms with van der Waals surface area (Å²) in [7, 11) is 14.9.